The van der Waals surface area contributed by atoms with Crippen LogP contribution in [0.15, 0.2) is 24.3 Å². The van der Waals surface area contributed by atoms with Crippen molar-refractivity contribution in [3.63, 3.8) is 0 Å². The highest BCUT2D eigenvalue weighted by Crippen LogP contribution is 2.36. The molecular formula is C14H14F3NO2. The third-order valence-corrected chi connectivity index (χ3v) is 3.57. The molecular weight excluding hydrogens is 271 g/mol. The first-order valence-corrected chi connectivity index (χ1v) is 6.33. The number of nitrogens with one attached hydrogen (secondary N) is 1. The van der Waals surface area contributed by atoms with E-state index in [1.54, 1.807) is 6.92 Å². The van der Waals surface area contributed by atoms with Crippen LogP contribution >= 0.6 is 0 Å². The number of hydrogen-bond donors (Lipinski definition) is 1. The Morgan fingerprint density at radius 2 is 2.00 bits per heavy atom. The molecule has 6 heteroatoms. The monoisotopic (exact) mass is 285 g/mol. The molecule has 2 atom stereocenters. The van der Waals surface area contributed by atoms with Crippen LogP contribution in [0.1, 0.15) is 36.8 Å². The molecule has 2 amide bonds. The minimum Gasteiger partial charge on any atom is -0.296 e. The van der Waals surface area contributed by atoms with E-state index in [0.29, 0.717) is 12.0 Å². The molecule has 108 valence electrons. The van der Waals surface area contributed by atoms with E-state index in [1.807, 2.05) is 0 Å². The summed E-state index contributed by atoms with van der Waals surface area (Å²) in [4.78, 5) is 23.2. The van der Waals surface area contributed by atoms with Crippen LogP contribution in [0.5, 0.6) is 0 Å². The van der Waals surface area contributed by atoms with Gasteiger partial charge in [-0.2, -0.15) is 13.2 Å². The Hall–Kier alpha value is -1.85. The van der Waals surface area contributed by atoms with Crippen molar-refractivity contribution in [3.8, 4) is 0 Å². The molecule has 0 aliphatic carbocycles. The Kier molecular flexibility index (Phi) is 3.83. The van der Waals surface area contributed by atoms with Gasteiger partial charge in [-0.25, -0.2) is 0 Å². The van der Waals surface area contributed by atoms with Crippen LogP contribution in [-0.2, 0) is 15.8 Å². The lowest BCUT2D eigenvalue weighted by atomic mass is 9.78. The van der Waals surface area contributed by atoms with Crippen LogP contribution in [0, 0.1) is 5.92 Å². The SMILES string of the molecule is CCC1C(=O)NC(=O)CC1c1cccc(C(F)(F)F)c1. The van der Waals surface area contributed by atoms with Gasteiger partial charge in [0.2, 0.25) is 11.8 Å². The number of carbonyl (C=O) groups is 2. The maximum Gasteiger partial charge on any atom is 0.416 e. The highest BCUT2D eigenvalue weighted by molar-refractivity contribution is 5.99. The Labute approximate surface area is 114 Å². The summed E-state index contributed by atoms with van der Waals surface area (Å²) in [7, 11) is 0. The number of alkyl halides is 3. The van der Waals surface area contributed by atoms with Crippen LogP contribution in [0.3, 0.4) is 0 Å². The molecule has 20 heavy (non-hydrogen) atoms. The largest absolute Gasteiger partial charge is 0.416 e. The maximum absolute atomic E-state index is 12.7. The first-order chi connectivity index (χ1) is 9.32. The molecule has 1 saturated heterocycles. The maximum atomic E-state index is 12.7. The van der Waals surface area contributed by atoms with Gasteiger partial charge in [0.1, 0.15) is 0 Å². The van der Waals surface area contributed by atoms with Gasteiger partial charge < -0.3 is 0 Å². The molecule has 1 aromatic carbocycles. The zero-order valence-electron chi connectivity index (χ0n) is 10.8. The molecule has 1 heterocycles. The van der Waals surface area contributed by atoms with Gasteiger partial charge in [0.25, 0.3) is 0 Å². The van der Waals surface area contributed by atoms with Crippen LogP contribution in [0.25, 0.3) is 0 Å². The molecule has 2 rings (SSSR count). The molecule has 0 aromatic heterocycles. The number of benzene rings is 1. The summed E-state index contributed by atoms with van der Waals surface area (Å²) in [5.41, 5.74) is -0.377. The molecule has 1 fully saturated rings. The fourth-order valence-corrected chi connectivity index (χ4v) is 2.57. The number of rotatable bonds is 2. The van der Waals surface area contributed by atoms with Crippen molar-refractivity contribution < 1.29 is 22.8 Å². The average Bonchev–Trinajstić information content (AvgIpc) is 2.37. The number of halogens is 3. The van der Waals surface area contributed by atoms with Gasteiger partial charge in [-0.05, 0) is 18.1 Å². The zero-order chi connectivity index (χ0) is 14.9. The molecule has 1 N–H and O–H groups in total. The van der Waals surface area contributed by atoms with E-state index >= 15 is 0 Å². The summed E-state index contributed by atoms with van der Waals surface area (Å²) < 4.78 is 38.2. The lowest BCUT2D eigenvalue weighted by Gasteiger charge is -2.30. The van der Waals surface area contributed by atoms with Gasteiger partial charge in [0, 0.05) is 18.3 Å². The standard InChI is InChI=1S/C14H14F3NO2/c1-2-10-11(7-12(19)18-13(10)20)8-4-3-5-9(6-8)14(15,16)17/h3-6,10-11H,2,7H2,1H3,(H,18,19,20). The van der Waals surface area contributed by atoms with Crippen LogP contribution in [-0.4, -0.2) is 11.8 Å². The van der Waals surface area contributed by atoms with Gasteiger partial charge in [-0.1, -0.05) is 25.1 Å². The van der Waals surface area contributed by atoms with Gasteiger partial charge in [0.05, 0.1) is 5.56 Å². The molecule has 3 nitrogen and oxygen atoms in total. The Morgan fingerprint density at radius 3 is 2.60 bits per heavy atom. The zero-order valence-corrected chi connectivity index (χ0v) is 10.8. The second-order valence-corrected chi connectivity index (χ2v) is 4.86. The third kappa shape index (κ3) is 2.84. The topological polar surface area (TPSA) is 46.2 Å². The quantitative estimate of drug-likeness (QED) is 0.849. The normalized spacial score (nSPS) is 23.6. The second kappa shape index (κ2) is 5.26. The highest BCUT2D eigenvalue weighted by atomic mass is 19.4. The predicted molar refractivity (Wildman–Crippen MR) is 65.7 cm³/mol. The van der Waals surface area contributed by atoms with Gasteiger partial charge in [-0.15, -0.1) is 0 Å². The molecule has 0 saturated carbocycles. The van der Waals surface area contributed by atoms with E-state index in [-0.39, 0.29) is 6.42 Å². The molecule has 0 spiro atoms. The van der Waals surface area contributed by atoms with Crippen molar-refractivity contribution in [2.45, 2.75) is 31.9 Å². The Bertz CT molecular complexity index is 539. The molecule has 1 aliphatic rings. The first kappa shape index (κ1) is 14.6. The summed E-state index contributed by atoms with van der Waals surface area (Å²) in [6.07, 6.45) is -3.93. The molecule has 1 aliphatic heterocycles. The van der Waals surface area contributed by atoms with Gasteiger partial charge in [0.15, 0.2) is 0 Å². The second-order valence-electron chi connectivity index (χ2n) is 4.86. The number of imide groups is 1. The van der Waals surface area contributed by atoms with E-state index in [1.165, 1.54) is 12.1 Å². The van der Waals surface area contributed by atoms with E-state index in [2.05, 4.69) is 5.32 Å². The van der Waals surface area contributed by atoms with Crippen molar-refractivity contribution >= 4 is 11.8 Å². The Morgan fingerprint density at radius 1 is 1.30 bits per heavy atom. The number of amides is 2. The van der Waals surface area contributed by atoms with Crippen LogP contribution in [0.2, 0.25) is 0 Å². The molecule has 0 radical (unpaired) electrons. The minimum atomic E-state index is -4.43. The lowest BCUT2D eigenvalue weighted by Crippen LogP contribution is -2.44. The minimum absolute atomic E-state index is 0.0333. The summed E-state index contributed by atoms with van der Waals surface area (Å²) >= 11 is 0. The third-order valence-electron chi connectivity index (χ3n) is 3.57. The van der Waals surface area contributed by atoms with E-state index in [4.69, 9.17) is 0 Å². The van der Waals surface area contributed by atoms with E-state index in [0.717, 1.165) is 12.1 Å². The fraction of sp³-hybridized carbons (Fsp3) is 0.429. The van der Waals surface area contributed by atoms with Crippen molar-refractivity contribution in [1.82, 2.24) is 5.32 Å². The van der Waals surface area contributed by atoms with Crippen molar-refractivity contribution in [1.29, 1.82) is 0 Å². The summed E-state index contributed by atoms with van der Waals surface area (Å²) in [6.45, 7) is 1.78. The fourth-order valence-electron chi connectivity index (χ4n) is 2.57. The van der Waals surface area contributed by atoms with Crippen molar-refractivity contribution in [2.24, 2.45) is 5.92 Å². The smallest absolute Gasteiger partial charge is 0.296 e. The summed E-state index contributed by atoms with van der Waals surface area (Å²) in [5, 5.41) is 2.22. The van der Waals surface area contributed by atoms with E-state index in [9.17, 15) is 22.8 Å². The van der Waals surface area contributed by atoms with Crippen molar-refractivity contribution in [2.75, 3.05) is 0 Å². The van der Waals surface area contributed by atoms with Crippen molar-refractivity contribution in [3.05, 3.63) is 35.4 Å². The number of carbonyl (C=O) groups excluding carboxylic acids is 2. The Balaban J connectivity index is 2.38. The number of piperidine rings is 1. The summed E-state index contributed by atoms with van der Waals surface area (Å²) in [5.74, 6) is -1.83. The van der Waals surface area contributed by atoms with Crippen LogP contribution < -0.4 is 5.32 Å². The van der Waals surface area contributed by atoms with Gasteiger partial charge >= 0.3 is 6.18 Å². The van der Waals surface area contributed by atoms with E-state index < -0.39 is 35.4 Å². The van der Waals surface area contributed by atoms with Crippen LogP contribution in [0.4, 0.5) is 13.2 Å². The highest BCUT2D eigenvalue weighted by Gasteiger charge is 2.37. The molecule has 0 bridgehead atoms. The lowest BCUT2D eigenvalue weighted by molar-refractivity contribution is -0.137. The average molecular weight is 285 g/mol. The summed E-state index contributed by atoms with van der Waals surface area (Å²) in [6, 6.07) is 4.85. The molecule has 1 aromatic rings. The predicted octanol–water partition coefficient (Wildman–Crippen LogP) is 2.86. The first-order valence-electron chi connectivity index (χ1n) is 6.33. The van der Waals surface area contributed by atoms with Gasteiger partial charge in [-0.3, -0.25) is 14.9 Å². The number of hydrogen-bond acceptors (Lipinski definition) is 2. The molecule has 2 unspecified atom stereocenters.